The lowest BCUT2D eigenvalue weighted by molar-refractivity contribution is -0.125. The highest BCUT2D eigenvalue weighted by molar-refractivity contribution is 7.99. The third-order valence-corrected chi connectivity index (χ3v) is 5.40. The van der Waals surface area contributed by atoms with E-state index >= 15 is 0 Å². The number of methoxy groups -OCH3 is 2. The van der Waals surface area contributed by atoms with Gasteiger partial charge >= 0.3 is 0 Å². The molecule has 0 fully saturated rings. The van der Waals surface area contributed by atoms with Crippen LogP contribution in [0.25, 0.3) is 0 Å². The van der Waals surface area contributed by atoms with Crippen molar-refractivity contribution in [1.29, 1.82) is 0 Å². The Morgan fingerprint density at radius 2 is 2.07 bits per heavy atom. The molecule has 148 valence electrons. The first-order valence-corrected chi connectivity index (χ1v) is 9.96. The van der Waals surface area contributed by atoms with Crippen LogP contribution in [0.15, 0.2) is 41.6 Å². The van der Waals surface area contributed by atoms with Crippen LogP contribution in [-0.4, -0.2) is 43.3 Å². The first-order chi connectivity index (χ1) is 13.6. The third-order valence-electron chi connectivity index (χ3n) is 4.43. The van der Waals surface area contributed by atoms with Crippen molar-refractivity contribution < 1.29 is 19.1 Å². The van der Waals surface area contributed by atoms with Crippen LogP contribution >= 0.6 is 11.8 Å². The molecule has 1 aromatic carbocycles. The summed E-state index contributed by atoms with van der Waals surface area (Å²) in [5.41, 5.74) is 1.64. The lowest BCUT2D eigenvalue weighted by atomic mass is 10.1. The molecule has 0 saturated carbocycles. The van der Waals surface area contributed by atoms with Crippen LogP contribution in [0.2, 0.25) is 0 Å². The molecular formula is C20H23N3O4S. The number of hydrogen-bond donors (Lipinski definition) is 1. The summed E-state index contributed by atoms with van der Waals surface area (Å²) in [5, 5.41) is 3.70. The summed E-state index contributed by atoms with van der Waals surface area (Å²) in [6.45, 7) is 0.936. The third kappa shape index (κ3) is 4.75. The van der Waals surface area contributed by atoms with Crippen LogP contribution in [0, 0.1) is 0 Å². The van der Waals surface area contributed by atoms with E-state index in [1.54, 1.807) is 49.2 Å². The van der Waals surface area contributed by atoms with Gasteiger partial charge < -0.3 is 19.7 Å². The van der Waals surface area contributed by atoms with E-state index in [-0.39, 0.29) is 24.7 Å². The van der Waals surface area contributed by atoms with Gasteiger partial charge in [-0.3, -0.25) is 9.59 Å². The first kappa shape index (κ1) is 20.0. The maximum atomic E-state index is 12.6. The van der Waals surface area contributed by atoms with Crippen molar-refractivity contribution in [2.75, 3.05) is 31.4 Å². The predicted octanol–water partition coefficient (Wildman–Crippen LogP) is 2.63. The standard InChI is InChI=1S/C20H23N3O4S/c1-26-15-5-6-17(27-2)14(12-15)13-22-18(24)7-8-19(25)23-10-11-28-20-16(23)4-3-9-21-20/h3-6,9,12H,7-8,10-11,13H2,1-2H3,(H,22,24). The second-order valence-corrected chi connectivity index (χ2v) is 7.26. The first-order valence-electron chi connectivity index (χ1n) is 8.98. The average Bonchev–Trinajstić information content (AvgIpc) is 2.75. The number of rotatable bonds is 7. The number of nitrogens with one attached hydrogen (secondary N) is 1. The van der Waals surface area contributed by atoms with E-state index in [4.69, 9.17) is 9.47 Å². The SMILES string of the molecule is COc1ccc(OC)c(CNC(=O)CCC(=O)N2CCSc3ncccc32)c1. The number of amides is 2. The van der Waals surface area contributed by atoms with E-state index in [2.05, 4.69) is 10.3 Å². The number of thioether (sulfide) groups is 1. The highest BCUT2D eigenvalue weighted by Crippen LogP contribution is 2.32. The Morgan fingerprint density at radius 1 is 1.21 bits per heavy atom. The zero-order valence-electron chi connectivity index (χ0n) is 15.9. The minimum Gasteiger partial charge on any atom is -0.497 e. The van der Waals surface area contributed by atoms with E-state index in [0.717, 1.165) is 22.0 Å². The van der Waals surface area contributed by atoms with Crippen LogP contribution in [-0.2, 0) is 16.1 Å². The quantitative estimate of drug-likeness (QED) is 0.768. The molecule has 1 aliphatic rings. The van der Waals surface area contributed by atoms with Crippen LogP contribution in [0.1, 0.15) is 18.4 Å². The number of carbonyl (C=O) groups excluding carboxylic acids is 2. The van der Waals surface area contributed by atoms with E-state index in [9.17, 15) is 9.59 Å². The second kappa shape index (κ2) is 9.45. The Balaban J connectivity index is 1.53. The Labute approximate surface area is 168 Å². The Morgan fingerprint density at radius 3 is 2.86 bits per heavy atom. The van der Waals surface area contributed by atoms with Crippen molar-refractivity contribution in [2.45, 2.75) is 24.4 Å². The Bertz CT molecular complexity index is 859. The number of fused-ring (bicyclic) bond motifs is 1. The van der Waals surface area contributed by atoms with Gasteiger partial charge in [0.05, 0.1) is 19.9 Å². The molecule has 3 rings (SSSR count). The molecule has 2 aromatic rings. The van der Waals surface area contributed by atoms with Crippen molar-refractivity contribution in [2.24, 2.45) is 0 Å². The van der Waals surface area contributed by atoms with E-state index in [1.165, 1.54) is 0 Å². The number of nitrogens with zero attached hydrogens (tertiary/aromatic N) is 2. The van der Waals surface area contributed by atoms with Crippen molar-refractivity contribution >= 4 is 29.3 Å². The van der Waals surface area contributed by atoms with Gasteiger partial charge in [-0.15, -0.1) is 11.8 Å². The predicted molar refractivity (Wildman–Crippen MR) is 108 cm³/mol. The van der Waals surface area contributed by atoms with Gasteiger partial charge in [-0.2, -0.15) is 0 Å². The fraction of sp³-hybridized carbons (Fsp3) is 0.350. The molecule has 0 saturated heterocycles. The molecule has 1 aliphatic heterocycles. The van der Waals surface area contributed by atoms with Gasteiger partial charge in [-0.25, -0.2) is 4.98 Å². The molecule has 0 radical (unpaired) electrons. The smallest absolute Gasteiger partial charge is 0.227 e. The number of benzene rings is 1. The summed E-state index contributed by atoms with van der Waals surface area (Å²) in [7, 11) is 3.16. The second-order valence-electron chi connectivity index (χ2n) is 6.18. The van der Waals surface area contributed by atoms with Gasteiger partial charge in [0.15, 0.2) is 0 Å². The summed E-state index contributed by atoms with van der Waals surface area (Å²) < 4.78 is 10.5. The monoisotopic (exact) mass is 401 g/mol. The molecule has 7 nitrogen and oxygen atoms in total. The topological polar surface area (TPSA) is 80.8 Å². The van der Waals surface area contributed by atoms with Crippen molar-refractivity contribution in [3.8, 4) is 11.5 Å². The van der Waals surface area contributed by atoms with E-state index in [0.29, 0.717) is 24.6 Å². The summed E-state index contributed by atoms with van der Waals surface area (Å²) in [4.78, 5) is 30.9. The van der Waals surface area contributed by atoms with Gasteiger partial charge in [0.1, 0.15) is 16.5 Å². The maximum absolute atomic E-state index is 12.6. The maximum Gasteiger partial charge on any atom is 0.227 e. The minimum absolute atomic E-state index is 0.0661. The zero-order chi connectivity index (χ0) is 19.9. The molecule has 2 amide bonds. The van der Waals surface area contributed by atoms with Gasteiger partial charge in [0, 0.05) is 43.4 Å². The fourth-order valence-electron chi connectivity index (χ4n) is 2.97. The average molecular weight is 401 g/mol. The number of anilines is 1. The van der Waals surface area contributed by atoms with Crippen LogP contribution in [0.4, 0.5) is 5.69 Å². The van der Waals surface area contributed by atoms with Crippen LogP contribution in [0.5, 0.6) is 11.5 Å². The Kier molecular flexibility index (Phi) is 6.76. The number of hydrogen-bond acceptors (Lipinski definition) is 6. The number of ether oxygens (including phenoxy) is 2. The molecular weight excluding hydrogens is 378 g/mol. The van der Waals surface area contributed by atoms with Gasteiger partial charge in [-0.05, 0) is 30.3 Å². The number of aromatic nitrogens is 1. The van der Waals surface area contributed by atoms with Crippen molar-refractivity contribution in [3.05, 3.63) is 42.1 Å². The molecule has 2 heterocycles. The zero-order valence-corrected chi connectivity index (χ0v) is 16.8. The molecule has 1 N–H and O–H groups in total. The van der Waals surface area contributed by atoms with E-state index in [1.807, 2.05) is 18.2 Å². The van der Waals surface area contributed by atoms with Gasteiger partial charge in [0.25, 0.3) is 0 Å². The van der Waals surface area contributed by atoms with Gasteiger partial charge in [0.2, 0.25) is 11.8 Å². The van der Waals surface area contributed by atoms with Crippen LogP contribution in [0.3, 0.4) is 0 Å². The van der Waals surface area contributed by atoms with E-state index < -0.39 is 0 Å². The molecule has 28 heavy (non-hydrogen) atoms. The summed E-state index contributed by atoms with van der Waals surface area (Å²) in [6.07, 6.45) is 2.00. The molecule has 0 spiro atoms. The summed E-state index contributed by atoms with van der Waals surface area (Å²) in [5.74, 6) is 1.92. The number of carbonyl (C=O) groups is 2. The minimum atomic E-state index is -0.184. The lowest BCUT2D eigenvalue weighted by Gasteiger charge is -2.28. The summed E-state index contributed by atoms with van der Waals surface area (Å²) >= 11 is 1.64. The molecule has 0 unspecified atom stereocenters. The van der Waals surface area contributed by atoms with Crippen molar-refractivity contribution in [3.63, 3.8) is 0 Å². The molecule has 8 heteroatoms. The van der Waals surface area contributed by atoms with Gasteiger partial charge in [-0.1, -0.05) is 0 Å². The lowest BCUT2D eigenvalue weighted by Crippen LogP contribution is -2.36. The highest BCUT2D eigenvalue weighted by atomic mass is 32.2. The molecule has 0 aliphatic carbocycles. The molecule has 0 bridgehead atoms. The van der Waals surface area contributed by atoms with Crippen molar-refractivity contribution in [1.82, 2.24) is 10.3 Å². The molecule has 0 atom stereocenters. The number of pyridine rings is 1. The fourth-order valence-corrected chi connectivity index (χ4v) is 3.90. The summed E-state index contributed by atoms with van der Waals surface area (Å²) in [6, 6.07) is 9.12. The highest BCUT2D eigenvalue weighted by Gasteiger charge is 2.23. The largest absolute Gasteiger partial charge is 0.497 e. The van der Waals surface area contributed by atoms with Crippen LogP contribution < -0.4 is 19.7 Å². The normalized spacial score (nSPS) is 12.9. The molecule has 1 aromatic heterocycles. The Hall–Kier alpha value is -2.74.